The van der Waals surface area contributed by atoms with Gasteiger partial charge in [0, 0.05) is 25.2 Å². The minimum atomic E-state index is 0.0182. The van der Waals surface area contributed by atoms with Crippen LogP contribution in [0.1, 0.15) is 19.3 Å². The number of fused-ring (bicyclic) bond motifs is 1. The van der Waals surface area contributed by atoms with Crippen molar-refractivity contribution in [1.29, 1.82) is 0 Å². The molecule has 1 saturated carbocycles. The number of carbonyl (C=O) groups excluding carboxylic acids is 1. The molecule has 1 heterocycles. The number of nitrogens with zero attached hydrogens (tertiary/aromatic N) is 2. The van der Waals surface area contributed by atoms with Gasteiger partial charge in [-0.05, 0) is 44.0 Å². The van der Waals surface area contributed by atoms with Gasteiger partial charge in [0.15, 0.2) is 5.13 Å². The maximum atomic E-state index is 12.0. The van der Waals surface area contributed by atoms with Crippen LogP contribution in [-0.4, -0.2) is 35.9 Å². The number of carbonyl (C=O) groups is 1. The van der Waals surface area contributed by atoms with E-state index in [4.69, 9.17) is 5.73 Å². The second kappa shape index (κ2) is 5.99. The fourth-order valence-electron chi connectivity index (χ4n) is 2.30. The van der Waals surface area contributed by atoms with Gasteiger partial charge < -0.3 is 16.0 Å². The molecule has 0 saturated heterocycles. The number of benzene rings is 1. The van der Waals surface area contributed by atoms with Crippen molar-refractivity contribution in [1.82, 2.24) is 9.88 Å². The molecule has 21 heavy (non-hydrogen) atoms. The molecule has 3 N–H and O–H groups in total. The summed E-state index contributed by atoms with van der Waals surface area (Å²) in [5, 5.41) is 3.52. The zero-order valence-electron chi connectivity index (χ0n) is 12.1. The number of aromatic nitrogens is 1. The van der Waals surface area contributed by atoms with E-state index in [0.29, 0.717) is 17.2 Å². The first-order chi connectivity index (χ1) is 10.1. The van der Waals surface area contributed by atoms with E-state index in [2.05, 4.69) is 22.2 Å². The molecule has 3 rings (SSSR count). The highest BCUT2D eigenvalue weighted by atomic mass is 32.1. The van der Waals surface area contributed by atoms with E-state index in [1.807, 2.05) is 18.2 Å². The summed E-state index contributed by atoms with van der Waals surface area (Å²) in [6, 6.07) is 5.58. The van der Waals surface area contributed by atoms with E-state index < -0.39 is 0 Å². The first-order valence-electron chi connectivity index (χ1n) is 7.24. The van der Waals surface area contributed by atoms with Gasteiger partial charge in [0.05, 0.1) is 10.2 Å². The minimum absolute atomic E-state index is 0.0182. The summed E-state index contributed by atoms with van der Waals surface area (Å²) in [5.74, 6) is 0.873. The molecule has 1 fully saturated rings. The van der Waals surface area contributed by atoms with Crippen LogP contribution in [0.3, 0.4) is 0 Å². The van der Waals surface area contributed by atoms with Gasteiger partial charge in [0.25, 0.3) is 0 Å². The lowest BCUT2D eigenvalue weighted by atomic mass is 10.3. The first-order valence-corrected chi connectivity index (χ1v) is 8.06. The Kier molecular flexibility index (Phi) is 4.07. The van der Waals surface area contributed by atoms with E-state index in [9.17, 15) is 4.79 Å². The van der Waals surface area contributed by atoms with Gasteiger partial charge in [-0.2, -0.15) is 0 Å². The summed E-state index contributed by atoms with van der Waals surface area (Å²) in [4.78, 5) is 18.6. The molecule has 112 valence electrons. The maximum Gasteiger partial charge on any atom is 0.227 e. The predicted molar refractivity (Wildman–Crippen MR) is 87.5 cm³/mol. The SMILES string of the molecule is CN(CCC(=O)Nc1nc2ccc(N)cc2s1)CC1CC1. The summed E-state index contributed by atoms with van der Waals surface area (Å²) in [7, 11) is 2.08. The molecule has 0 atom stereocenters. The fraction of sp³-hybridized carbons (Fsp3) is 0.467. The molecule has 0 unspecified atom stereocenters. The molecule has 1 aliphatic carbocycles. The van der Waals surface area contributed by atoms with Crippen LogP contribution in [-0.2, 0) is 4.79 Å². The molecule has 1 aliphatic rings. The smallest absolute Gasteiger partial charge is 0.227 e. The number of anilines is 2. The minimum Gasteiger partial charge on any atom is -0.399 e. The van der Waals surface area contributed by atoms with Crippen molar-refractivity contribution in [2.45, 2.75) is 19.3 Å². The van der Waals surface area contributed by atoms with E-state index in [-0.39, 0.29) is 5.91 Å². The lowest BCUT2D eigenvalue weighted by Gasteiger charge is -2.15. The summed E-state index contributed by atoms with van der Waals surface area (Å²) in [6.45, 7) is 1.90. The Morgan fingerprint density at radius 3 is 3.10 bits per heavy atom. The molecule has 2 aromatic rings. The van der Waals surface area contributed by atoms with Crippen molar-refractivity contribution in [3.05, 3.63) is 18.2 Å². The van der Waals surface area contributed by atoms with Crippen molar-refractivity contribution >= 4 is 38.3 Å². The molecule has 1 amide bonds. The van der Waals surface area contributed by atoms with Gasteiger partial charge >= 0.3 is 0 Å². The first kappa shape index (κ1) is 14.3. The number of nitrogens with two attached hydrogens (primary N) is 1. The Morgan fingerprint density at radius 1 is 1.52 bits per heavy atom. The zero-order valence-corrected chi connectivity index (χ0v) is 12.9. The lowest BCUT2D eigenvalue weighted by Crippen LogP contribution is -2.26. The molecule has 0 spiro atoms. The molecular formula is C15H20N4OS. The molecule has 0 aliphatic heterocycles. The van der Waals surface area contributed by atoms with Crippen LogP contribution in [0, 0.1) is 5.92 Å². The van der Waals surface area contributed by atoms with Crippen LogP contribution in [0.4, 0.5) is 10.8 Å². The van der Waals surface area contributed by atoms with E-state index in [0.717, 1.165) is 29.2 Å². The van der Waals surface area contributed by atoms with Gasteiger partial charge in [-0.1, -0.05) is 11.3 Å². The highest BCUT2D eigenvalue weighted by Gasteiger charge is 2.22. The van der Waals surface area contributed by atoms with Crippen LogP contribution in [0.25, 0.3) is 10.2 Å². The van der Waals surface area contributed by atoms with E-state index in [1.165, 1.54) is 24.2 Å². The number of hydrogen-bond donors (Lipinski definition) is 2. The van der Waals surface area contributed by atoms with Crippen LogP contribution in [0.15, 0.2) is 18.2 Å². The van der Waals surface area contributed by atoms with E-state index >= 15 is 0 Å². The molecule has 6 heteroatoms. The molecule has 0 bridgehead atoms. The van der Waals surface area contributed by atoms with Gasteiger partial charge in [-0.15, -0.1) is 0 Å². The number of hydrogen-bond acceptors (Lipinski definition) is 5. The van der Waals surface area contributed by atoms with Crippen molar-refractivity contribution < 1.29 is 4.79 Å². The Hall–Kier alpha value is -1.66. The molecular weight excluding hydrogens is 284 g/mol. The van der Waals surface area contributed by atoms with Crippen molar-refractivity contribution in [2.24, 2.45) is 5.92 Å². The summed E-state index contributed by atoms with van der Waals surface area (Å²) in [5.41, 5.74) is 7.33. The third-order valence-corrected chi connectivity index (χ3v) is 4.58. The van der Waals surface area contributed by atoms with Crippen molar-refractivity contribution in [2.75, 3.05) is 31.2 Å². The predicted octanol–water partition coefficient (Wildman–Crippen LogP) is 2.55. The van der Waals surface area contributed by atoms with Crippen LogP contribution < -0.4 is 11.1 Å². The quantitative estimate of drug-likeness (QED) is 0.805. The third kappa shape index (κ3) is 3.92. The number of rotatable bonds is 6. The fourth-order valence-corrected chi connectivity index (χ4v) is 3.23. The Bertz CT molecular complexity index is 650. The third-order valence-electron chi connectivity index (χ3n) is 3.65. The normalized spacial score (nSPS) is 14.8. The largest absolute Gasteiger partial charge is 0.399 e. The monoisotopic (exact) mass is 304 g/mol. The molecule has 5 nitrogen and oxygen atoms in total. The van der Waals surface area contributed by atoms with Crippen LogP contribution in [0.5, 0.6) is 0 Å². The maximum absolute atomic E-state index is 12.0. The summed E-state index contributed by atoms with van der Waals surface area (Å²) in [6.07, 6.45) is 3.18. The Morgan fingerprint density at radius 2 is 2.33 bits per heavy atom. The van der Waals surface area contributed by atoms with Crippen LogP contribution in [0.2, 0.25) is 0 Å². The van der Waals surface area contributed by atoms with Crippen LogP contribution >= 0.6 is 11.3 Å². The number of amides is 1. The van der Waals surface area contributed by atoms with E-state index in [1.54, 1.807) is 0 Å². The highest BCUT2D eigenvalue weighted by molar-refractivity contribution is 7.22. The summed E-state index contributed by atoms with van der Waals surface area (Å²) >= 11 is 1.46. The average molecular weight is 304 g/mol. The molecule has 1 aromatic heterocycles. The average Bonchev–Trinajstić information content (AvgIpc) is 3.15. The van der Waals surface area contributed by atoms with Gasteiger partial charge in [-0.3, -0.25) is 4.79 Å². The summed E-state index contributed by atoms with van der Waals surface area (Å²) < 4.78 is 0.996. The molecule has 1 aromatic carbocycles. The second-order valence-electron chi connectivity index (χ2n) is 5.75. The number of nitrogens with one attached hydrogen (secondary N) is 1. The van der Waals surface area contributed by atoms with Crippen molar-refractivity contribution in [3.8, 4) is 0 Å². The zero-order chi connectivity index (χ0) is 14.8. The topological polar surface area (TPSA) is 71.2 Å². The van der Waals surface area contributed by atoms with Crippen molar-refractivity contribution in [3.63, 3.8) is 0 Å². The van der Waals surface area contributed by atoms with Gasteiger partial charge in [0.2, 0.25) is 5.91 Å². The Labute approximate surface area is 128 Å². The second-order valence-corrected chi connectivity index (χ2v) is 6.78. The standard InChI is InChI=1S/C15H20N4OS/c1-19(9-10-2-3-10)7-6-14(20)18-15-17-12-5-4-11(16)8-13(12)21-15/h4-5,8,10H,2-3,6-7,9,16H2,1H3,(H,17,18,20). The Balaban J connectivity index is 1.52. The van der Waals surface area contributed by atoms with Gasteiger partial charge in [-0.25, -0.2) is 4.98 Å². The highest BCUT2D eigenvalue weighted by Crippen LogP contribution is 2.29. The number of nitrogen functional groups attached to an aromatic ring is 1. The van der Waals surface area contributed by atoms with Gasteiger partial charge in [0.1, 0.15) is 0 Å². The molecule has 0 radical (unpaired) electrons. The number of thiazole rings is 1. The lowest BCUT2D eigenvalue weighted by molar-refractivity contribution is -0.116.